The Labute approximate surface area is 363 Å². The van der Waals surface area contributed by atoms with Crippen molar-refractivity contribution in [2.75, 3.05) is 0 Å². The molecule has 0 aliphatic heterocycles. The highest BCUT2D eigenvalue weighted by atomic mass is 35.5. The van der Waals surface area contributed by atoms with E-state index in [9.17, 15) is 0 Å². The van der Waals surface area contributed by atoms with Crippen molar-refractivity contribution in [1.29, 1.82) is 0 Å². The summed E-state index contributed by atoms with van der Waals surface area (Å²) in [5, 5.41) is 1.05. The number of para-hydroxylation sites is 1. The van der Waals surface area contributed by atoms with E-state index in [0.717, 1.165) is 89.1 Å². The minimum Gasteiger partial charge on any atom is -0.452 e. The van der Waals surface area contributed by atoms with E-state index in [1.807, 2.05) is 72.8 Å². The van der Waals surface area contributed by atoms with Crippen molar-refractivity contribution in [2.24, 2.45) is 0 Å². The van der Waals surface area contributed by atoms with Gasteiger partial charge >= 0.3 is 0 Å². The number of benzene rings is 8. The van der Waals surface area contributed by atoms with Crippen molar-refractivity contribution in [3.8, 4) is 89.7 Å². The van der Waals surface area contributed by atoms with E-state index < -0.39 is 0 Å². The van der Waals surface area contributed by atoms with Crippen LogP contribution in [0, 0.1) is 0 Å². The van der Waals surface area contributed by atoms with Crippen molar-refractivity contribution < 1.29 is 4.42 Å². The maximum atomic E-state index is 6.53. The number of furan rings is 1. The second-order valence-corrected chi connectivity index (χ2v) is 15.6. The summed E-state index contributed by atoms with van der Waals surface area (Å²) >= 11 is 6.53. The molecular formula is C56H35ClN4O. The molecule has 0 spiro atoms. The lowest BCUT2D eigenvalue weighted by molar-refractivity contribution is 0.667. The highest BCUT2D eigenvalue weighted by Gasteiger charge is 2.19. The molecule has 0 unspecified atom stereocenters. The van der Waals surface area contributed by atoms with Crippen LogP contribution in [0.5, 0.6) is 0 Å². The highest BCUT2D eigenvalue weighted by molar-refractivity contribution is 6.29. The SMILES string of the molecule is Clc1nc(-c2ccc(-c3nc(-c4cc(-c5ccccc5)cc(-c5ccccc5)c4)cc(-c4cc(-c5ccccc5)cc(-c5ccccc5)c4)n3)cc2)c2oc3ccccc3c2n1. The van der Waals surface area contributed by atoms with Crippen LogP contribution in [0.15, 0.2) is 217 Å². The average Bonchev–Trinajstić information content (AvgIpc) is 3.73. The summed E-state index contributed by atoms with van der Waals surface area (Å²) < 4.78 is 6.30. The average molecular weight is 815 g/mol. The molecule has 0 bridgehead atoms. The number of halogens is 1. The Morgan fingerprint density at radius 2 is 0.726 bits per heavy atom. The lowest BCUT2D eigenvalue weighted by Gasteiger charge is -2.15. The molecule has 0 saturated carbocycles. The maximum Gasteiger partial charge on any atom is 0.223 e. The van der Waals surface area contributed by atoms with Gasteiger partial charge in [-0.25, -0.2) is 19.9 Å². The largest absolute Gasteiger partial charge is 0.452 e. The molecule has 0 saturated heterocycles. The van der Waals surface area contributed by atoms with Crippen LogP contribution < -0.4 is 0 Å². The van der Waals surface area contributed by atoms with Crippen LogP contribution in [0.3, 0.4) is 0 Å². The summed E-state index contributed by atoms with van der Waals surface area (Å²) in [7, 11) is 0. The van der Waals surface area contributed by atoms with E-state index >= 15 is 0 Å². The van der Waals surface area contributed by atoms with Crippen LogP contribution >= 0.6 is 11.6 Å². The first-order chi connectivity index (χ1) is 30.6. The zero-order valence-corrected chi connectivity index (χ0v) is 34.0. The molecule has 3 heterocycles. The second kappa shape index (κ2) is 15.9. The van der Waals surface area contributed by atoms with E-state index in [0.29, 0.717) is 22.6 Å². The lowest BCUT2D eigenvalue weighted by atomic mass is 9.93. The molecule has 6 heteroatoms. The molecule has 0 aliphatic carbocycles. The van der Waals surface area contributed by atoms with Gasteiger partial charge in [0.2, 0.25) is 5.28 Å². The van der Waals surface area contributed by atoms with Crippen LogP contribution in [0.1, 0.15) is 0 Å². The predicted octanol–water partition coefficient (Wildman–Crippen LogP) is 15.2. The highest BCUT2D eigenvalue weighted by Crippen LogP contribution is 2.39. The predicted molar refractivity (Wildman–Crippen MR) is 253 cm³/mol. The summed E-state index contributed by atoms with van der Waals surface area (Å²) in [5.74, 6) is 0.594. The van der Waals surface area contributed by atoms with Crippen molar-refractivity contribution >= 4 is 33.7 Å². The number of rotatable bonds is 8. The van der Waals surface area contributed by atoms with Gasteiger partial charge in [0.1, 0.15) is 16.8 Å². The molecule has 0 radical (unpaired) electrons. The molecule has 5 nitrogen and oxygen atoms in total. The Hall–Kier alpha value is -7.99. The molecule has 62 heavy (non-hydrogen) atoms. The first kappa shape index (κ1) is 37.0. The smallest absolute Gasteiger partial charge is 0.223 e. The quantitative estimate of drug-likeness (QED) is 0.143. The van der Waals surface area contributed by atoms with E-state index in [1.54, 1.807) is 0 Å². The van der Waals surface area contributed by atoms with Crippen LogP contribution in [0.4, 0.5) is 0 Å². The minimum absolute atomic E-state index is 0.156. The van der Waals surface area contributed by atoms with Crippen LogP contribution in [-0.4, -0.2) is 19.9 Å². The van der Waals surface area contributed by atoms with Gasteiger partial charge in [-0.2, -0.15) is 0 Å². The van der Waals surface area contributed by atoms with Gasteiger partial charge < -0.3 is 4.42 Å². The zero-order valence-electron chi connectivity index (χ0n) is 33.3. The van der Waals surface area contributed by atoms with Crippen LogP contribution in [-0.2, 0) is 0 Å². The Balaban J connectivity index is 1.11. The normalized spacial score (nSPS) is 11.3. The van der Waals surface area contributed by atoms with E-state index in [1.165, 1.54) is 0 Å². The first-order valence-electron chi connectivity index (χ1n) is 20.5. The Kier molecular flexibility index (Phi) is 9.49. The molecule has 0 N–H and O–H groups in total. The van der Waals surface area contributed by atoms with Gasteiger partial charge in [0, 0.05) is 27.6 Å². The van der Waals surface area contributed by atoms with Crippen LogP contribution in [0.25, 0.3) is 112 Å². The summed E-state index contributed by atoms with van der Waals surface area (Å²) in [6, 6.07) is 73.5. The van der Waals surface area contributed by atoms with Gasteiger partial charge in [0.05, 0.1) is 11.4 Å². The number of nitrogens with zero attached hydrogens (tertiary/aromatic N) is 4. The fraction of sp³-hybridized carbons (Fsp3) is 0. The van der Waals surface area contributed by atoms with E-state index in [4.69, 9.17) is 26.0 Å². The third kappa shape index (κ3) is 7.21. The van der Waals surface area contributed by atoms with Crippen molar-refractivity contribution in [2.45, 2.75) is 0 Å². The number of hydrogen-bond donors (Lipinski definition) is 0. The maximum absolute atomic E-state index is 6.53. The molecule has 0 atom stereocenters. The molecule has 11 rings (SSSR count). The minimum atomic E-state index is 0.156. The first-order valence-corrected chi connectivity index (χ1v) is 20.8. The summed E-state index contributed by atoms with van der Waals surface area (Å²) in [5.41, 5.74) is 16.8. The third-order valence-corrected chi connectivity index (χ3v) is 11.4. The molecule has 3 aromatic heterocycles. The molecule has 11 aromatic rings. The Morgan fingerprint density at radius 3 is 1.19 bits per heavy atom. The summed E-state index contributed by atoms with van der Waals surface area (Å²) in [6.45, 7) is 0. The molecule has 0 aliphatic rings. The summed E-state index contributed by atoms with van der Waals surface area (Å²) in [6.07, 6.45) is 0. The van der Waals surface area contributed by atoms with Crippen LogP contribution in [0.2, 0.25) is 5.28 Å². The summed E-state index contributed by atoms with van der Waals surface area (Å²) in [4.78, 5) is 19.9. The zero-order chi connectivity index (χ0) is 41.4. The van der Waals surface area contributed by atoms with Gasteiger partial charge in [0.25, 0.3) is 0 Å². The van der Waals surface area contributed by atoms with E-state index in [-0.39, 0.29) is 5.28 Å². The molecular weight excluding hydrogens is 780 g/mol. The van der Waals surface area contributed by atoms with Gasteiger partial charge in [-0.3, -0.25) is 0 Å². The number of hydrogen-bond acceptors (Lipinski definition) is 5. The number of fused-ring (bicyclic) bond motifs is 3. The fourth-order valence-corrected chi connectivity index (χ4v) is 8.32. The van der Waals surface area contributed by atoms with E-state index in [2.05, 4.69) is 149 Å². The van der Waals surface area contributed by atoms with Gasteiger partial charge in [-0.15, -0.1) is 0 Å². The topological polar surface area (TPSA) is 64.7 Å². The van der Waals surface area contributed by atoms with Crippen molar-refractivity contribution in [1.82, 2.24) is 19.9 Å². The molecule has 0 amide bonds. The molecule has 292 valence electrons. The standard InChI is InChI=1S/C56H35ClN4O/c57-56-60-52(54-53(61-56)48-23-13-14-24-51(48)62-54)40-25-27-41(28-26-40)55-58-49(46-31-42(36-15-5-1-6-16-36)29-43(32-46)37-17-7-2-8-18-37)35-50(59-55)47-33-44(38-19-9-3-10-20-38)30-45(34-47)39-21-11-4-12-22-39/h1-35H. The van der Waals surface area contributed by atoms with Gasteiger partial charge in [-0.05, 0) is 111 Å². The van der Waals surface area contributed by atoms with Crippen molar-refractivity contribution in [3.63, 3.8) is 0 Å². The molecule has 8 aromatic carbocycles. The molecule has 0 fully saturated rings. The second-order valence-electron chi connectivity index (χ2n) is 15.2. The fourth-order valence-electron chi connectivity index (χ4n) is 8.15. The van der Waals surface area contributed by atoms with Crippen molar-refractivity contribution in [3.05, 3.63) is 218 Å². The van der Waals surface area contributed by atoms with Gasteiger partial charge in [-0.1, -0.05) is 158 Å². The number of aromatic nitrogens is 4. The third-order valence-electron chi connectivity index (χ3n) is 11.2. The Bertz CT molecular complexity index is 3130. The van der Waals surface area contributed by atoms with Gasteiger partial charge in [0.15, 0.2) is 11.4 Å². The lowest BCUT2D eigenvalue weighted by Crippen LogP contribution is -1.97. The monoisotopic (exact) mass is 814 g/mol. The Morgan fingerprint density at radius 1 is 0.323 bits per heavy atom.